The number of nitrogens with one attached hydrogen (secondary N) is 1. The highest BCUT2D eigenvalue weighted by Crippen LogP contribution is 2.22. The first kappa shape index (κ1) is 18.6. The van der Waals surface area contributed by atoms with Gasteiger partial charge in [0.1, 0.15) is 0 Å². The summed E-state index contributed by atoms with van der Waals surface area (Å²) < 4.78 is 0. The summed E-state index contributed by atoms with van der Waals surface area (Å²) in [6.45, 7) is 5.48. The number of anilines is 1. The molecule has 1 aromatic carbocycles. The number of hydrogen-bond acceptors (Lipinski definition) is 4. The largest absolute Gasteiger partial charge is 0.330 e. The van der Waals surface area contributed by atoms with Crippen molar-refractivity contribution in [2.24, 2.45) is 11.7 Å². The molecule has 0 saturated carbocycles. The number of halogens is 1. The number of carbonyl (C=O) groups is 2. The van der Waals surface area contributed by atoms with E-state index in [9.17, 15) is 9.59 Å². The SMILES string of the molecule is CC(=O)c1ccccc1NC(=O)CN1CC(CN)CC1C.Cl. The highest BCUT2D eigenvalue weighted by Gasteiger charge is 2.29. The van der Waals surface area contributed by atoms with E-state index < -0.39 is 0 Å². The van der Waals surface area contributed by atoms with E-state index in [1.165, 1.54) is 6.92 Å². The predicted octanol–water partition coefficient (Wildman–Crippen LogP) is 1.92. The van der Waals surface area contributed by atoms with Gasteiger partial charge >= 0.3 is 0 Å². The second kappa shape index (κ2) is 8.27. The van der Waals surface area contributed by atoms with Crippen LogP contribution in [0.25, 0.3) is 0 Å². The molecule has 1 aliphatic heterocycles. The normalized spacial score (nSPS) is 21.2. The molecule has 2 unspecified atom stereocenters. The molecule has 3 N–H and O–H groups in total. The van der Waals surface area contributed by atoms with Gasteiger partial charge in [0.05, 0.1) is 12.2 Å². The van der Waals surface area contributed by atoms with Gasteiger partial charge in [-0.25, -0.2) is 0 Å². The molecule has 0 bridgehead atoms. The van der Waals surface area contributed by atoms with Crippen molar-refractivity contribution in [1.29, 1.82) is 0 Å². The number of benzene rings is 1. The number of para-hydroxylation sites is 1. The summed E-state index contributed by atoms with van der Waals surface area (Å²) in [4.78, 5) is 25.9. The Morgan fingerprint density at radius 3 is 2.64 bits per heavy atom. The monoisotopic (exact) mass is 325 g/mol. The summed E-state index contributed by atoms with van der Waals surface area (Å²) >= 11 is 0. The molecule has 5 nitrogen and oxygen atoms in total. The third-order valence-corrected chi connectivity index (χ3v) is 4.05. The number of ketones is 1. The van der Waals surface area contributed by atoms with E-state index in [0.717, 1.165) is 13.0 Å². The fourth-order valence-corrected chi connectivity index (χ4v) is 2.88. The molecule has 1 heterocycles. The summed E-state index contributed by atoms with van der Waals surface area (Å²) in [6.07, 6.45) is 1.04. The Hall–Kier alpha value is -1.43. The van der Waals surface area contributed by atoms with E-state index in [1.807, 2.05) is 6.07 Å². The van der Waals surface area contributed by atoms with Gasteiger partial charge < -0.3 is 11.1 Å². The van der Waals surface area contributed by atoms with E-state index in [1.54, 1.807) is 18.2 Å². The molecule has 0 aliphatic carbocycles. The van der Waals surface area contributed by atoms with Crippen LogP contribution >= 0.6 is 12.4 Å². The van der Waals surface area contributed by atoms with Crippen molar-refractivity contribution in [1.82, 2.24) is 4.90 Å². The minimum Gasteiger partial charge on any atom is -0.330 e. The summed E-state index contributed by atoms with van der Waals surface area (Å²) in [6, 6.07) is 7.45. The quantitative estimate of drug-likeness (QED) is 0.811. The Labute approximate surface area is 137 Å². The highest BCUT2D eigenvalue weighted by atomic mass is 35.5. The lowest BCUT2D eigenvalue weighted by molar-refractivity contribution is -0.117. The van der Waals surface area contributed by atoms with Crippen LogP contribution in [0.1, 0.15) is 30.6 Å². The number of hydrogen-bond donors (Lipinski definition) is 2. The van der Waals surface area contributed by atoms with Crippen molar-refractivity contribution in [3.05, 3.63) is 29.8 Å². The Morgan fingerprint density at radius 1 is 1.36 bits per heavy atom. The number of nitrogens with two attached hydrogens (primary N) is 1. The molecule has 0 radical (unpaired) electrons. The molecular formula is C16H24ClN3O2. The van der Waals surface area contributed by atoms with Crippen molar-refractivity contribution >= 4 is 29.8 Å². The first-order valence-electron chi connectivity index (χ1n) is 7.35. The molecule has 122 valence electrons. The molecule has 1 aliphatic rings. The predicted molar refractivity (Wildman–Crippen MR) is 90.5 cm³/mol. The molecule has 6 heteroatoms. The molecule has 1 aromatic rings. The number of amides is 1. The van der Waals surface area contributed by atoms with E-state index in [0.29, 0.717) is 36.3 Å². The number of likely N-dealkylation sites (tertiary alicyclic amines) is 1. The van der Waals surface area contributed by atoms with Gasteiger partial charge in [0.15, 0.2) is 5.78 Å². The van der Waals surface area contributed by atoms with Gasteiger partial charge in [-0.1, -0.05) is 12.1 Å². The van der Waals surface area contributed by atoms with E-state index in [4.69, 9.17) is 5.73 Å². The zero-order valence-corrected chi connectivity index (χ0v) is 13.9. The Kier molecular flexibility index (Phi) is 7.00. The maximum atomic E-state index is 12.2. The second-order valence-corrected chi connectivity index (χ2v) is 5.77. The molecule has 2 atom stereocenters. The van der Waals surface area contributed by atoms with Gasteiger partial charge in [0, 0.05) is 18.2 Å². The van der Waals surface area contributed by atoms with Gasteiger partial charge in [-0.05, 0) is 44.9 Å². The van der Waals surface area contributed by atoms with Crippen LogP contribution in [-0.4, -0.2) is 42.3 Å². The summed E-state index contributed by atoms with van der Waals surface area (Å²) in [5, 5.41) is 2.84. The third kappa shape index (κ3) is 4.53. The average Bonchev–Trinajstić information content (AvgIpc) is 2.79. The smallest absolute Gasteiger partial charge is 0.238 e. The van der Waals surface area contributed by atoms with Crippen molar-refractivity contribution in [2.75, 3.05) is 25.0 Å². The van der Waals surface area contributed by atoms with E-state index in [-0.39, 0.29) is 24.1 Å². The van der Waals surface area contributed by atoms with Crippen molar-refractivity contribution in [2.45, 2.75) is 26.3 Å². The first-order chi connectivity index (χ1) is 10.0. The van der Waals surface area contributed by atoms with Crippen LogP contribution in [0.3, 0.4) is 0 Å². The molecule has 22 heavy (non-hydrogen) atoms. The maximum Gasteiger partial charge on any atom is 0.238 e. The first-order valence-corrected chi connectivity index (χ1v) is 7.35. The molecule has 1 saturated heterocycles. The van der Waals surface area contributed by atoms with Crippen LogP contribution < -0.4 is 11.1 Å². The van der Waals surface area contributed by atoms with Crippen molar-refractivity contribution in [3.8, 4) is 0 Å². The standard InChI is InChI=1S/C16H23N3O2.ClH/c1-11-7-13(8-17)9-19(11)10-16(21)18-15-6-4-3-5-14(15)12(2)20;/h3-6,11,13H,7-10,17H2,1-2H3,(H,18,21);1H. The van der Waals surface area contributed by atoms with Gasteiger partial charge in [0.25, 0.3) is 0 Å². The molecule has 1 fully saturated rings. The average molecular weight is 326 g/mol. The van der Waals surface area contributed by atoms with Crippen LogP contribution in [0.2, 0.25) is 0 Å². The molecule has 2 rings (SSSR count). The summed E-state index contributed by atoms with van der Waals surface area (Å²) in [5.41, 5.74) is 6.82. The Balaban J connectivity index is 0.00000242. The fraction of sp³-hybridized carbons (Fsp3) is 0.500. The number of carbonyl (C=O) groups excluding carboxylic acids is 2. The van der Waals surface area contributed by atoms with Gasteiger partial charge in [-0.15, -0.1) is 12.4 Å². The minimum absolute atomic E-state index is 0. The van der Waals surface area contributed by atoms with Crippen LogP contribution in [0, 0.1) is 5.92 Å². The van der Waals surface area contributed by atoms with E-state index in [2.05, 4.69) is 17.1 Å². The fourth-order valence-electron chi connectivity index (χ4n) is 2.88. The highest BCUT2D eigenvalue weighted by molar-refractivity contribution is 6.04. The minimum atomic E-state index is -0.0896. The molecular weight excluding hydrogens is 302 g/mol. The molecule has 0 aromatic heterocycles. The lowest BCUT2D eigenvalue weighted by atomic mass is 10.1. The van der Waals surface area contributed by atoms with Crippen LogP contribution in [0.4, 0.5) is 5.69 Å². The van der Waals surface area contributed by atoms with Crippen molar-refractivity contribution < 1.29 is 9.59 Å². The van der Waals surface area contributed by atoms with Crippen LogP contribution in [0.15, 0.2) is 24.3 Å². The van der Waals surface area contributed by atoms with Crippen molar-refractivity contribution in [3.63, 3.8) is 0 Å². The van der Waals surface area contributed by atoms with Gasteiger partial charge in [0.2, 0.25) is 5.91 Å². The number of rotatable bonds is 5. The van der Waals surface area contributed by atoms with Crippen LogP contribution in [-0.2, 0) is 4.79 Å². The topological polar surface area (TPSA) is 75.4 Å². The summed E-state index contributed by atoms with van der Waals surface area (Å²) in [7, 11) is 0. The maximum absolute atomic E-state index is 12.2. The lowest BCUT2D eigenvalue weighted by Crippen LogP contribution is -2.36. The summed E-state index contributed by atoms with van der Waals surface area (Å²) in [5.74, 6) is 0.328. The second-order valence-electron chi connectivity index (χ2n) is 5.77. The van der Waals surface area contributed by atoms with Crippen LogP contribution in [0.5, 0.6) is 0 Å². The zero-order chi connectivity index (χ0) is 15.4. The zero-order valence-electron chi connectivity index (χ0n) is 13.0. The lowest BCUT2D eigenvalue weighted by Gasteiger charge is -2.20. The molecule has 0 spiro atoms. The van der Waals surface area contributed by atoms with Gasteiger partial charge in [-0.3, -0.25) is 14.5 Å². The number of Topliss-reactive ketones (excluding diaryl/α,β-unsaturated/α-hetero) is 1. The number of nitrogens with zero attached hydrogens (tertiary/aromatic N) is 1. The Morgan fingerprint density at radius 2 is 2.05 bits per heavy atom. The molecule has 1 amide bonds. The van der Waals surface area contributed by atoms with Gasteiger partial charge in [-0.2, -0.15) is 0 Å². The third-order valence-electron chi connectivity index (χ3n) is 4.05. The van der Waals surface area contributed by atoms with E-state index >= 15 is 0 Å². The Bertz CT molecular complexity index is 536.